The van der Waals surface area contributed by atoms with Gasteiger partial charge in [0.15, 0.2) is 5.78 Å². The zero-order valence-corrected chi connectivity index (χ0v) is 10.7. The van der Waals surface area contributed by atoms with Crippen molar-refractivity contribution in [2.24, 2.45) is 0 Å². The third-order valence-corrected chi connectivity index (χ3v) is 3.29. The molecule has 0 aliphatic rings. The number of fused-ring (bicyclic) bond motifs is 1. The molecule has 0 unspecified atom stereocenters. The molecule has 3 rings (SSSR count). The average Bonchev–Trinajstić information content (AvgIpc) is 2.47. The molecule has 0 saturated heterocycles. The molecule has 0 saturated carbocycles. The van der Waals surface area contributed by atoms with Gasteiger partial charge >= 0.3 is 0 Å². The second-order valence-corrected chi connectivity index (χ2v) is 4.63. The molecule has 98 valence electrons. The molecular formula is C17H13NO2. The molecule has 3 nitrogen and oxygen atoms in total. The molecule has 0 atom stereocenters. The van der Waals surface area contributed by atoms with Crippen molar-refractivity contribution >= 4 is 22.2 Å². The minimum absolute atomic E-state index is 0.0586. The highest BCUT2D eigenvalue weighted by Gasteiger charge is 2.13. The van der Waals surface area contributed by atoms with E-state index in [1.54, 1.807) is 30.3 Å². The summed E-state index contributed by atoms with van der Waals surface area (Å²) < 4.78 is 0. The lowest BCUT2D eigenvalue weighted by molar-refractivity contribution is 0.104. The van der Waals surface area contributed by atoms with Crippen molar-refractivity contribution in [3.8, 4) is 5.75 Å². The highest BCUT2D eigenvalue weighted by Crippen LogP contribution is 2.30. The van der Waals surface area contributed by atoms with E-state index in [1.165, 1.54) is 6.07 Å². The van der Waals surface area contributed by atoms with Gasteiger partial charge < -0.3 is 10.8 Å². The van der Waals surface area contributed by atoms with Gasteiger partial charge in [0.05, 0.1) is 0 Å². The van der Waals surface area contributed by atoms with E-state index >= 15 is 0 Å². The molecule has 0 radical (unpaired) electrons. The van der Waals surface area contributed by atoms with E-state index in [2.05, 4.69) is 0 Å². The zero-order valence-electron chi connectivity index (χ0n) is 10.7. The normalized spacial score (nSPS) is 10.6. The maximum absolute atomic E-state index is 12.6. The number of anilines is 1. The maximum atomic E-state index is 12.6. The number of carbonyl (C=O) groups excluding carboxylic acids is 1. The zero-order chi connectivity index (χ0) is 14.1. The number of carbonyl (C=O) groups is 1. The van der Waals surface area contributed by atoms with Gasteiger partial charge in [0.1, 0.15) is 5.75 Å². The fraction of sp³-hybridized carbons (Fsp3) is 0. The predicted molar refractivity (Wildman–Crippen MR) is 79.9 cm³/mol. The molecule has 0 bridgehead atoms. The van der Waals surface area contributed by atoms with Crippen molar-refractivity contribution in [1.82, 2.24) is 0 Å². The molecule has 20 heavy (non-hydrogen) atoms. The monoisotopic (exact) mass is 263 g/mol. The van der Waals surface area contributed by atoms with Gasteiger partial charge in [0.25, 0.3) is 0 Å². The smallest absolute Gasteiger partial charge is 0.193 e. The van der Waals surface area contributed by atoms with Gasteiger partial charge in [0, 0.05) is 28.3 Å². The van der Waals surface area contributed by atoms with Gasteiger partial charge in [-0.05, 0) is 11.5 Å². The number of hydrogen-bond acceptors (Lipinski definition) is 3. The van der Waals surface area contributed by atoms with Gasteiger partial charge in [0.2, 0.25) is 0 Å². The number of rotatable bonds is 2. The fourth-order valence-corrected chi connectivity index (χ4v) is 2.34. The van der Waals surface area contributed by atoms with Crippen molar-refractivity contribution < 1.29 is 9.90 Å². The van der Waals surface area contributed by atoms with E-state index in [9.17, 15) is 9.90 Å². The van der Waals surface area contributed by atoms with E-state index in [0.717, 1.165) is 5.39 Å². The summed E-state index contributed by atoms with van der Waals surface area (Å²) in [5.41, 5.74) is 7.51. The SMILES string of the molecule is Nc1cc(O)cc2c(C(=O)c3ccccc3)cccc12. The van der Waals surface area contributed by atoms with Crippen LogP contribution in [0.25, 0.3) is 10.8 Å². The van der Waals surface area contributed by atoms with E-state index in [1.807, 2.05) is 24.3 Å². The van der Waals surface area contributed by atoms with Crippen LogP contribution in [0.15, 0.2) is 60.7 Å². The summed E-state index contributed by atoms with van der Waals surface area (Å²) in [7, 11) is 0. The summed E-state index contributed by atoms with van der Waals surface area (Å²) in [4.78, 5) is 12.6. The molecule has 0 aromatic heterocycles. The number of nitrogens with two attached hydrogens (primary N) is 1. The van der Waals surface area contributed by atoms with Crippen LogP contribution in [0, 0.1) is 0 Å². The van der Waals surface area contributed by atoms with Crippen molar-refractivity contribution in [3.63, 3.8) is 0 Å². The first-order valence-corrected chi connectivity index (χ1v) is 6.28. The Bertz CT molecular complexity index is 795. The van der Waals surface area contributed by atoms with E-state index in [4.69, 9.17) is 5.73 Å². The second kappa shape index (κ2) is 4.70. The van der Waals surface area contributed by atoms with Crippen LogP contribution in [0.2, 0.25) is 0 Å². The lowest BCUT2D eigenvalue weighted by Crippen LogP contribution is -2.02. The molecule has 3 aromatic carbocycles. The molecule has 0 amide bonds. The number of nitrogen functional groups attached to an aromatic ring is 1. The average molecular weight is 263 g/mol. The molecule has 0 heterocycles. The van der Waals surface area contributed by atoms with Crippen molar-refractivity contribution in [3.05, 3.63) is 71.8 Å². The first kappa shape index (κ1) is 12.2. The summed E-state index contributed by atoms with van der Waals surface area (Å²) >= 11 is 0. The maximum Gasteiger partial charge on any atom is 0.193 e. The summed E-state index contributed by atoms with van der Waals surface area (Å²) in [6, 6.07) is 17.5. The van der Waals surface area contributed by atoms with Gasteiger partial charge in [-0.25, -0.2) is 0 Å². The predicted octanol–water partition coefficient (Wildman–Crippen LogP) is 3.36. The second-order valence-electron chi connectivity index (χ2n) is 4.63. The number of benzene rings is 3. The number of ketones is 1. The summed E-state index contributed by atoms with van der Waals surface area (Å²) in [5.74, 6) is -0.0236. The van der Waals surface area contributed by atoms with Crippen molar-refractivity contribution in [2.45, 2.75) is 0 Å². The topological polar surface area (TPSA) is 63.3 Å². The molecule has 0 fully saturated rings. The van der Waals surface area contributed by atoms with Crippen LogP contribution in [0.1, 0.15) is 15.9 Å². The number of hydrogen-bond donors (Lipinski definition) is 2. The molecular weight excluding hydrogens is 250 g/mol. The standard InChI is InChI=1S/C17H13NO2/c18-16-10-12(19)9-15-13(16)7-4-8-14(15)17(20)11-5-2-1-3-6-11/h1-10,19H,18H2. The van der Waals surface area contributed by atoms with E-state index in [-0.39, 0.29) is 11.5 Å². The first-order valence-electron chi connectivity index (χ1n) is 6.28. The molecule has 0 aliphatic carbocycles. The lowest BCUT2D eigenvalue weighted by Gasteiger charge is -2.08. The quantitative estimate of drug-likeness (QED) is 0.550. The summed E-state index contributed by atoms with van der Waals surface area (Å²) in [6.45, 7) is 0. The molecule has 3 aromatic rings. The van der Waals surface area contributed by atoms with Crippen LogP contribution in [0.4, 0.5) is 5.69 Å². The highest BCUT2D eigenvalue weighted by molar-refractivity contribution is 6.17. The van der Waals surface area contributed by atoms with E-state index in [0.29, 0.717) is 22.2 Å². The fourth-order valence-electron chi connectivity index (χ4n) is 2.34. The summed E-state index contributed by atoms with van der Waals surface area (Å²) in [5, 5.41) is 11.1. The number of phenolic OH excluding ortho intramolecular Hbond substituents is 1. The van der Waals surface area contributed by atoms with Gasteiger partial charge in [-0.15, -0.1) is 0 Å². The Balaban J connectivity index is 2.24. The number of phenols is 1. The Morgan fingerprint density at radius 3 is 2.40 bits per heavy atom. The van der Waals surface area contributed by atoms with Gasteiger partial charge in [-0.3, -0.25) is 4.79 Å². The Labute approximate surface area is 116 Å². The Morgan fingerprint density at radius 1 is 0.900 bits per heavy atom. The summed E-state index contributed by atoms with van der Waals surface area (Å²) in [6.07, 6.45) is 0. The van der Waals surface area contributed by atoms with Crippen LogP contribution >= 0.6 is 0 Å². The number of aromatic hydroxyl groups is 1. The van der Waals surface area contributed by atoms with Crippen LogP contribution in [0.3, 0.4) is 0 Å². The Kier molecular flexibility index (Phi) is 2.88. The molecule has 3 N–H and O–H groups in total. The van der Waals surface area contributed by atoms with Crippen LogP contribution in [-0.2, 0) is 0 Å². The van der Waals surface area contributed by atoms with E-state index < -0.39 is 0 Å². The van der Waals surface area contributed by atoms with Gasteiger partial charge in [-0.1, -0.05) is 48.5 Å². The third-order valence-electron chi connectivity index (χ3n) is 3.29. The largest absolute Gasteiger partial charge is 0.508 e. The van der Waals surface area contributed by atoms with Crippen molar-refractivity contribution in [2.75, 3.05) is 5.73 Å². The molecule has 0 spiro atoms. The van der Waals surface area contributed by atoms with Crippen molar-refractivity contribution in [1.29, 1.82) is 0 Å². The third kappa shape index (κ3) is 1.99. The van der Waals surface area contributed by atoms with Crippen LogP contribution in [-0.4, -0.2) is 10.9 Å². The van der Waals surface area contributed by atoms with Gasteiger partial charge in [-0.2, -0.15) is 0 Å². The lowest BCUT2D eigenvalue weighted by atomic mass is 9.96. The Hall–Kier alpha value is -2.81. The van der Waals surface area contributed by atoms with Crippen LogP contribution < -0.4 is 5.73 Å². The Morgan fingerprint density at radius 2 is 1.65 bits per heavy atom. The minimum atomic E-state index is -0.0822. The molecule has 3 heteroatoms. The minimum Gasteiger partial charge on any atom is -0.508 e. The first-order chi connectivity index (χ1) is 9.66. The highest BCUT2D eigenvalue weighted by atomic mass is 16.3. The van der Waals surface area contributed by atoms with Crippen LogP contribution in [0.5, 0.6) is 5.75 Å². The molecule has 0 aliphatic heterocycles.